The van der Waals surface area contributed by atoms with Crippen molar-refractivity contribution in [2.24, 2.45) is 0 Å². The van der Waals surface area contributed by atoms with Gasteiger partial charge < -0.3 is 4.40 Å². The van der Waals surface area contributed by atoms with E-state index in [1.165, 1.54) is 0 Å². The summed E-state index contributed by atoms with van der Waals surface area (Å²) in [5, 5.41) is 10.3. The van der Waals surface area contributed by atoms with Crippen LogP contribution in [-0.2, 0) is 5.75 Å². The predicted octanol–water partition coefficient (Wildman–Crippen LogP) is 4.59. The molecule has 0 unspecified atom stereocenters. The van der Waals surface area contributed by atoms with Crippen LogP contribution in [0.5, 0.6) is 0 Å². The predicted molar refractivity (Wildman–Crippen MR) is 130 cm³/mol. The maximum absolute atomic E-state index is 13.5. The van der Waals surface area contributed by atoms with Crippen LogP contribution in [0.3, 0.4) is 0 Å². The third-order valence-electron chi connectivity index (χ3n) is 5.75. The van der Waals surface area contributed by atoms with Gasteiger partial charge in [-0.25, -0.2) is 9.55 Å². The van der Waals surface area contributed by atoms with Crippen molar-refractivity contribution in [3.05, 3.63) is 100 Å². The number of imidazole rings is 1. The van der Waals surface area contributed by atoms with Gasteiger partial charge in [-0.2, -0.15) is 0 Å². The third-order valence-corrected chi connectivity index (χ3v) is 6.71. The largest absolute Gasteiger partial charge is 0.307 e. The number of para-hydroxylation sites is 1. The average molecular weight is 453 g/mol. The molecule has 0 aliphatic heterocycles. The summed E-state index contributed by atoms with van der Waals surface area (Å²) in [6, 6.07) is 19.6. The molecular formula is C25H20N6OS. The first-order valence-corrected chi connectivity index (χ1v) is 11.6. The topological polar surface area (TPSA) is 69.5 Å². The normalized spacial score (nSPS) is 11.7. The molecule has 162 valence electrons. The van der Waals surface area contributed by atoms with Gasteiger partial charge in [-0.15, -0.1) is 10.2 Å². The molecule has 8 heteroatoms. The highest BCUT2D eigenvalue weighted by Gasteiger charge is 2.19. The molecule has 0 aliphatic rings. The van der Waals surface area contributed by atoms with Gasteiger partial charge in [0.2, 0.25) is 5.78 Å². The summed E-state index contributed by atoms with van der Waals surface area (Å²) in [5.74, 6) is 1.14. The van der Waals surface area contributed by atoms with Crippen LogP contribution < -0.4 is 5.56 Å². The van der Waals surface area contributed by atoms with Crippen molar-refractivity contribution in [3.8, 4) is 5.69 Å². The Morgan fingerprint density at radius 1 is 0.970 bits per heavy atom. The molecular weight excluding hydrogens is 432 g/mol. The lowest BCUT2D eigenvalue weighted by molar-refractivity contribution is 0.927. The Labute approximate surface area is 193 Å². The zero-order valence-electron chi connectivity index (χ0n) is 18.1. The summed E-state index contributed by atoms with van der Waals surface area (Å²) in [6.07, 6.45) is 4.01. The zero-order chi connectivity index (χ0) is 22.5. The lowest BCUT2D eigenvalue weighted by Gasteiger charge is -2.13. The van der Waals surface area contributed by atoms with E-state index in [-0.39, 0.29) is 5.56 Å². The highest BCUT2D eigenvalue weighted by atomic mass is 32.2. The van der Waals surface area contributed by atoms with Crippen molar-refractivity contribution in [1.82, 2.24) is 28.5 Å². The summed E-state index contributed by atoms with van der Waals surface area (Å²) in [7, 11) is 0. The second-order valence-electron chi connectivity index (χ2n) is 8.05. The maximum Gasteiger partial charge on any atom is 0.267 e. The molecule has 0 radical (unpaired) electrons. The molecule has 33 heavy (non-hydrogen) atoms. The molecule has 0 amide bonds. The van der Waals surface area contributed by atoms with Crippen molar-refractivity contribution in [1.29, 1.82) is 0 Å². The number of hydrogen-bond donors (Lipinski definition) is 0. The number of nitrogens with zero attached hydrogens (tertiary/aromatic N) is 6. The lowest BCUT2D eigenvalue weighted by atomic mass is 10.1. The first kappa shape index (κ1) is 19.8. The van der Waals surface area contributed by atoms with Crippen LogP contribution in [-0.4, -0.2) is 28.5 Å². The number of aromatic nitrogens is 6. The van der Waals surface area contributed by atoms with Crippen LogP contribution in [0.25, 0.3) is 28.0 Å². The number of hydrogen-bond acceptors (Lipinski definition) is 5. The first-order chi connectivity index (χ1) is 16.1. The van der Waals surface area contributed by atoms with Crippen LogP contribution in [0.4, 0.5) is 0 Å². The fraction of sp³-hybridized carbons (Fsp3) is 0.120. The second kappa shape index (κ2) is 7.60. The van der Waals surface area contributed by atoms with Crippen molar-refractivity contribution in [2.75, 3.05) is 0 Å². The standard InChI is InChI=1S/C25H20N6OS/c1-16-10-11-20(17(2)13-16)30-23(32)19-7-3-4-8-21(19)31-24(30)27-28-25(31)33-15-18-14-29-12-6-5-9-22(29)26-18/h3-14H,15H2,1-2H3. The molecule has 0 spiro atoms. The minimum atomic E-state index is -0.102. The van der Waals surface area contributed by atoms with E-state index in [1.807, 2.05) is 89.6 Å². The van der Waals surface area contributed by atoms with Gasteiger partial charge >= 0.3 is 0 Å². The van der Waals surface area contributed by atoms with Gasteiger partial charge in [0.05, 0.1) is 22.3 Å². The molecule has 7 nitrogen and oxygen atoms in total. The van der Waals surface area contributed by atoms with Crippen LogP contribution in [0.15, 0.2) is 83.0 Å². The highest BCUT2D eigenvalue weighted by molar-refractivity contribution is 7.98. The Balaban J connectivity index is 1.53. The van der Waals surface area contributed by atoms with Crippen molar-refractivity contribution in [3.63, 3.8) is 0 Å². The Bertz CT molecular complexity index is 1700. The first-order valence-electron chi connectivity index (χ1n) is 10.6. The molecule has 0 aliphatic carbocycles. The number of thioether (sulfide) groups is 1. The smallest absolute Gasteiger partial charge is 0.267 e. The lowest BCUT2D eigenvalue weighted by Crippen LogP contribution is -2.22. The molecule has 0 saturated carbocycles. The van der Waals surface area contributed by atoms with Crippen molar-refractivity contribution in [2.45, 2.75) is 24.8 Å². The SMILES string of the molecule is Cc1ccc(-n2c(=O)c3ccccc3n3c(SCc4cn5ccccc5n4)nnc23)c(C)c1. The van der Waals surface area contributed by atoms with E-state index in [9.17, 15) is 4.79 Å². The van der Waals surface area contributed by atoms with Gasteiger partial charge in [-0.1, -0.05) is 47.7 Å². The number of rotatable bonds is 4. The van der Waals surface area contributed by atoms with Crippen molar-refractivity contribution < 1.29 is 0 Å². The van der Waals surface area contributed by atoms with Gasteiger partial charge in [-0.3, -0.25) is 9.20 Å². The maximum atomic E-state index is 13.5. The van der Waals surface area contributed by atoms with E-state index in [1.54, 1.807) is 16.3 Å². The van der Waals surface area contributed by atoms with E-state index < -0.39 is 0 Å². The van der Waals surface area contributed by atoms with Gasteiger partial charge in [0.1, 0.15) is 5.65 Å². The second-order valence-corrected chi connectivity index (χ2v) is 9.00. The fourth-order valence-corrected chi connectivity index (χ4v) is 5.06. The molecule has 0 fully saturated rings. The molecule has 6 rings (SSSR count). The monoisotopic (exact) mass is 452 g/mol. The van der Waals surface area contributed by atoms with Crippen LogP contribution in [0, 0.1) is 13.8 Å². The summed E-state index contributed by atoms with van der Waals surface area (Å²) < 4.78 is 5.64. The molecule has 0 atom stereocenters. The molecule has 6 aromatic rings. The van der Waals surface area contributed by atoms with E-state index in [4.69, 9.17) is 0 Å². The summed E-state index contributed by atoms with van der Waals surface area (Å²) >= 11 is 1.55. The highest BCUT2D eigenvalue weighted by Crippen LogP contribution is 2.26. The zero-order valence-corrected chi connectivity index (χ0v) is 19.0. The van der Waals surface area contributed by atoms with E-state index in [0.29, 0.717) is 16.9 Å². The molecule has 0 N–H and O–H groups in total. The Hall–Kier alpha value is -3.91. The Morgan fingerprint density at radius 3 is 2.67 bits per heavy atom. The van der Waals surface area contributed by atoms with E-state index in [2.05, 4.69) is 21.2 Å². The van der Waals surface area contributed by atoms with Gasteiger partial charge in [0.25, 0.3) is 5.56 Å². The Morgan fingerprint density at radius 2 is 1.82 bits per heavy atom. The van der Waals surface area contributed by atoms with Gasteiger partial charge in [-0.05, 0) is 49.7 Å². The number of benzene rings is 2. The number of fused-ring (bicyclic) bond motifs is 4. The molecule has 4 aromatic heterocycles. The Kier molecular flexibility index (Phi) is 4.55. The molecule has 0 saturated heterocycles. The quantitative estimate of drug-likeness (QED) is 0.366. The minimum Gasteiger partial charge on any atom is -0.307 e. The van der Waals surface area contributed by atoms with Gasteiger partial charge in [0, 0.05) is 18.1 Å². The van der Waals surface area contributed by atoms with Crippen LogP contribution >= 0.6 is 11.8 Å². The van der Waals surface area contributed by atoms with Crippen molar-refractivity contribution >= 4 is 34.1 Å². The molecule has 4 heterocycles. The molecule has 2 aromatic carbocycles. The fourth-order valence-electron chi connectivity index (χ4n) is 4.24. The summed E-state index contributed by atoms with van der Waals surface area (Å²) in [6.45, 7) is 4.05. The average Bonchev–Trinajstić information content (AvgIpc) is 3.43. The van der Waals surface area contributed by atoms with Crippen LogP contribution in [0.2, 0.25) is 0 Å². The van der Waals surface area contributed by atoms with Crippen LogP contribution in [0.1, 0.15) is 16.8 Å². The van der Waals surface area contributed by atoms with E-state index >= 15 is 0 Å². The summed E-state index contributed by atoms with van der Waals surface area (Å²) in [5.41, 5.74) is 5.52. The van der Waals surface area contributed by atoms with E-state index in [0.717, 1.165) is 38.8 Å². The minimum absolute atomic E-state index is 0.102. The van der Waals surface area contributed by atoms with Gasteiger partial charge in [0.15, 0.2) is 5.16 Å². The number of pyridine rings is 1. The number of aryl methyl sites for hydroxylation is 2. The summed E-state index contributed by atoms with van der Waals surface area (Å²) in [4.78, 5) is 18.2. The molecule has 0 bridgehead atoms. The third kappa shape index (κ3) is 3.22.